The first-order chi connectivity index (χ1) is 11.2. The Kier molecular flexibility index (Phi) is 4.55. The number of benzene rings is 1. The molecule has 1 heterocycles. The van der Waals surface area contributed by atoms with Gasteiger partial charge in [-0.15, -0.1) is 0 Å². The molecule has 1 aromatic carbocycles. The predicted octanol–water partition coefficient (Wildman–Crippen LogP) is 4.47. The molecule has 0 atom stereocenters. The Labute approximate surface area is 135 Å². The highest BCUT2D eigenvalue weighted by atomic mass is 16.6. The van der Waals surface area contributed by atoms with Gasteiger partial charge in [0.15, 0.2) is 0 Å². The third-order valence-electron chi connectivity index (χ3n) is 4.27. The number of unbranched alkanes of at least 4 members (excludes halogenated alkanes) is 2. The zero-order valence-electron chi connectivity index (χ0n) is 13.4. The van der Waals surface area contributed by atoms with Crippen LogP contribution in [0.5, 0.6) is 0 Å². The highest BCUT2D eigenvalue weighted by Gasteiger charge is 2.22. The molecule has 0 fully saturated rings. The van der Waals surface area contributed by atoms with E-state index in [9.17, 15) is 10.1 Å². The van der Waals surface area contributed by atoms with Gasteiger partial charge in [0.2, 0.25) is 0 Å². The third-order valence-corrected chi connectivity index (χ3v) is 4.27. The lowest BCUT2D eigenvalue weighted by molar-refractivity contribution is -0.384. The summed E-state index contributed by atoms with van der Waals surface area (Å²) >= 11 is 0. The molecule has 0 saturated heterocycles. The summed E-state index contributed by atoms with van der Waals surface area (Å²) in [6, 6.07) is 6.62. The Hall–Kier alpha value is -2.43. The molecule has 0 aliphatic heterocycles. The van der Waals surface area contributed by atoms with E-state index in [1.54, 1.807) is 12.1 Å². The lowest BCUT2D eigenvalue weighted by atomic mass is 10.1. The summed E-state index contributed by atoms with van der Waals surface area (Å²) in [7, 11) is 0. The van der Waals surface area contributed by atoms with Crippen LogP contribution in [-0.2, 0) is 12.8 Å². The maximum atomic E-state index is 10.8. The summed E-state index contributed by atoms with van der Waals surface area (Å²) in [6.45, 7) is 2.19. The van der Waals surface area contributed by atoms with E-state index in [0.717, 1.165) is 37.1 Å². The molecule has 2 aromatic rings. The van der Waals surface area contributed by atoms with E-state index in [1.165, 1.54) is 36.2 Å². The van der Waals surface area contributed by atoms with Gasteiger partial charge >= 0.3 is 0 Å². The number of rotatable bonds is 6. The minimum atomic E-state index is -0.376. The average molecular weight is 311 g/mol. The van der Waals surface area contributed by atoms with Crippen LogP contribution in [0, 0.1) is 10.1 Å². The maximum absolute atomic E-state index is 10.8. The molecule has 0 saturated carbocycles. The lowest BCUT2D eigenvalue weighted by Gasteiger charge is -2.04. The smallest absolute Gasteiger partial charge is 0.258 e. The SMILES string of the molecule is CCCCC=Cc1nn(-c2ccc([N+](=O)[O-])cc2)c2c1CCC2. The number of hydrogen-bond donors (Lipinski definition) is 0. The fourth-order valence-electron chi connectivity index (χ4n) is 3.05. The number of hydrogen-bond acceptors (Lipinski definition) is 3. The van der Waals surface area contributed by atoms with E-state index in [1.807, 2.05) is 4.68 Å². The maximum Gasteiger partial charge on any atom is 0.269 e. The molecule has 1 aromatic heterocycles. The van der Waals surface area contributed by atoms with Gasteiger partial charge in [0.05, 0.1) is 16.3 Å². The molecule has 0 spiro atoms. The van der Waals surface area contributed by atoms with Crippen molar-refractivity contribution in [3.05, 3.63) is 57.4 Å². The molecule has 0 radical (unpaired) electrons. The number of fused-ring (bicyclic) bond motifs is 1. The van der Waals surface area contributed by atoms with Crippen molar-refractivity contribution in [3.63, 3.8) is 0 Å². The minimum absolute atomic E-state index is 0.109. The van der Waals surface area contributed by atoms with E-state index in [2.05, 4.69) is 19.1 Å². The van der Waals surface area contributed by atoms with Crippen LogP contribution in [0.3, 0.4) is 0 Å². The first-order valence-electron chi connectivity index (χ1n) is 8.23. The lowest BCUT2D eigenvalue weighted by Crippen LogP contribution is -2.01. The zero-order chi connectivity index (χ0) is 16.2. The van der Waals surface area contributed by atoms with Gasteiger partial charge in [-0.3, -0.25) is 10.1 Å². The number of nitro groups is 1. The normalized spacial score (nSPS) is 13.6. The first kappa shape index (κ1) is 15.5. The molecule has 3 rings (SSSR count). The molecule has 0 unspecified atom stereocenters. The number of aromatic nitrogens is 2. The number of nitro benzene ring substituents is 1. The van der Waals surface area contributed by atoms with Gasteiger partial charge in [-0.05, 0) is 43.9 Å². The van der Waals surface area contributed by atoms with Crippen molar-refractivity contribution in [1.29, 1.82) is 0 Å². The summed E-state index contributed by atoms with van der Waals surface area (Å²) in [5, 5.41) is 15.5. The molecular weight excluding hydrogens is 290 g/mol. The van der Waals surface area contributed by atoms with Crippen molar-refractivity contribution >= 4 is 11.8 Å². The Bertz CT molecular complexity index is 729. The summed E-state index contributed by atoms with van der Waals surface area (Å²) in [5.41, 5.74) is 4.62. The second-order valence-corrected chi connectivity index (χ2v) is 5.89. The van der Waals surface area contributed by atoms with E-state index in [4.69, 9.17) is 5.10 Å². The van der Waals surface area contributed by atoms with Crippen LogP contribution in [0.25, 0.3) is 11.8 Å². The highest BCUT2D eigenvalue weighted by molar-refractivity contribution is 5.54. The summed E-state index contributed by atoms with van der Waals surface area (Å²) in [5.74, 6) is 0. The molecule has 120 valence electrons. The summed E-state index contributed by atoms with van der Waals surface area (Å²) in [6.07, 6.45) is 11.0. The van der Waals surface area contributed by atoms with Crippen LogP contribution in [0.1, 0.15) is 49.6 Å². The molecule has 1 aliphatic carbocycles. The van der Waals surface area contributed by atoms with Crippen molar-refractivity contribution in [2.24, 2.45) is 0 Å². The third kappa shape index (κ3) is 3.18. The second kappa shape index (κ2) is 6.77. The average Bonchev–Trinajstić information content (AvgIpc) is 3.15. The molecule has 0 amide bonds. The van der Waals surface area contributed by atoms with Crippen LogP contribution in [0.4, 0.5) is 5.69 Å². The summed E-state index contributed by atoms with van der Waals surface area (Å²) in [4.78, 5) is 10.4. The van der Waals surface area contributed by atoms with Crippen LogP contribution in [-0.4, -0.2) is 14.7 Å². The molecule has 5 heteroatoms. The van der Waals surface area contributed by atoms with Crippen molar-refractivity contribution < 1.29 is 4.92 Å². The zero-order valence-corrected chi connectivity index (χ0v) is 13.4. The monoisotopic (exact) mass is 311 g/mol. The van der Waals surface area contributed by atoms with Crippen molar-refractivity contribution in [3.8, 4) is 5.69 Å². The fourth-order valence-corrected chi connectivity index (χ4v) is 3.05. The first-order valence-corrected chi connectivity index (χ1v) is 8.23. The van der Waals surface area contributed by atoms with Gasteiger partial charge in [0.25, 0.3) is 5.69 Å². The van der Waals surface area contributed by atoms with Crippen LogP contribution < -0.4 is 0 Å². The van der Waals surface area contributed by atoms with Crippen molar-refractivity contribution in [2.75, 3.05) is 0 Å². The van der Waals surface area contributed by atoms with Gasteiger partial charge in [-0.2, -0.15) is 5.10 Å². The van der Waals surface area contributed by atoms with Crippen LogP contribution in [0.15, 0.2) is 30.3 Å². The van der Waals surface area contributed by atoms with E-state index in [0.29, 0.717) is 0 Å². The second-order valence-electron chi connectivity index (χ2n) is 5.89. The Balaban J connectivity index is 1.91. The van der Waals surface area contributed by atoms with Gasteiger partial charge in [-0.1, -0.05) is 25.8 Å². The quantitative estimate of drug-likeness (QED) is 0.449. The number of allylic oxidation sites excluding steroid dienone is 1. The molecule has 0 N–H and O–H groups in total. The molecule has 23 heavy (non-hydrogen) atoms. The van der Waals surface area contributed by atoms with Gasteiger partial charge in [-0.25, -0.2) is 4.68 Å². The summed E-state index contributed by atoms with van der Waals surface area (Å²) < 4.78 is 1.95. The van der Waals surface area contributed by atoms with Crippen molar-refractivity contribution in [2.45, 2.75) is 45.4 Å². The van der Waals surface area contributed by atoms with Crippen molar-refractivity contribution in [1.82, 2.24) is 9.78 Å². The number of nitrogens with zero attached hydrogens (tertiary/aromatic N) is 3. The van der Waals surface area contributed by atoms with Gasteiger partial charge < -0.3 is 0 Å². The fraction of sp³-hybridized carbons (Fsp3) is 0.389. The Morgan fingerprint density at radius 1 is 1.30 bits per heavy atom. The molecule has 5 nitrogen and oxygen atoms in total. The standard InChI is InChI=1S/C18H21N3O2/c1-2-3-4-5-8-17-16-7-6-9-18(16)20(19-17)14-10-12-15(13-11-14)21(22)23/h5,8,10-13H,2-4,6-7,9H2,1H3. The number of non-ortho nitro benzene ring substituents is 1. The largest absolute Gasteiger partial charge is 0.269 e. The van der Waals surface area contributed by atoms with Gasteiger partial charge in [0.1, 0.15) is 0 Å². The van der Waals surface area contributed by atoms with Gasteiger partial charge in [0, 0.05) is 23.4 Å². The highest BCUT2D eigenvalue weighted by Crippen LogP contribution is 2.29. The van der Waals surface area contributed by atoms with E-state index < -0.39 is 0 Å². The van der Waals surface area contributed by atoms with E-state index >= 15 is 0 Å². The predicted molar refractivity (Wildman–Crippen MR) is 90.8 cm³/mol. The molecule has 0 bridgehead atoms. The topological polar surface area (TPSA) is 61.0 Å². The molecule has 1 aliphatic rings. The Morgan fingerprint density at radius 3 is 2.78 bits per heavy atom. The van der Waals surface area contributed by atoms with Crippen LogP contribution >= 0.6 is 0 Å². The molecular formula is C18H21N3O2. The van der Waals surface area contributed by atoms with E-state index in [-0.39, 0.29) is 10.6 Å². The van der Waals surface area contributed by atoms with Crippen LogP contribution in [0.2, 0.25) is 0 Å². The Morgan fingerprint density at radius 2 is 2.09 bits per heavy atom. The minimum Gasteiger partial charge on any atom is -0.258 e.